The number of rotatable bonds is 4. The van der Waals surface area contributed by atoms with E-state index >= 15 is 0 Å². The minimum absolute atomic E-state index is 0.301. The lowest BCUT2D eigenvalue weighted by Crippen LogP contribution is -2.18. The van der Waals surface area contributed by atoms with Gasteiger partial charge in [-0.3, -0.25) is 4.79 Å². The van der Waals surface area contributed by atoms with Crippen LogP contribution in [0.3, 0.4) is 0 Å². The van der Waals surface area contributed by atoms with Crippen LogP contribution < -0.4 is 5.32 Å². The van der Waals surface area contributed by atoms with Crippen LogP contribution in [-0.2, 0) is 11.2 Å². The zero-order chi connectivity index (χ0) is 17.1. The highest BCUT2D eigenvalue weighted by molar-refractivity contribution is 6.01. The molecule has 0 aromatic heterocycles. The number of carboxylic acids is 1. The Labute approximate surface area is 128 Å². The van der Waals surface area contributed by atoms with Gasteiger partial charge in [-0.2, -0.15) is 0 Å². The van der Waals surface area contributed by atoms with Gasteiger partial charge in [0.2, 0.25) is 5.91 Å². The van der Waals surface area contributed by atoms with Gasteiger partial charge in [0.15, 0.2) is 11.5 Å². The molecule has 0 unspecified atom stereocenters. The van der Waals surface area contributed by atoms with Gasteiger partial charge in [0.1, 0.15) is 17.2 Å². The maximum Gasteiger partial charge on any atom is 0.340 e. The van der Waals surface area contributed by atoms with E-state index in [1.54, 1.807) is 0 Å². The van der Waals surface area contributed by atoms with Crippen molar-refractivity contribution in [2.75, 3.05) is 5.32 Å². The first kappa shape index (κ1) is 16.2. The molecule has 0 aliphatic carbocycles. The third-order valence-corrected chi connectivity index (χ3v) is 2.95. The number of aromatic carboxylic acids is 1. The third-order valence-electron chi connectivity index (χ3n) is 2.95. The summed E-state index contributed by atoms with van der Waals surface area (Å²) in [5.74, 6) is -5.55. The van der Waals surface area contributed by atoms with Gasteiger partial charge in [-0.05, 0) is 23.8 Å². The summed E-state index contributed by atoms with van der Waals surface area (Å²) in [5, 5.41) is 29.6. The third kappa shape index (κ3) is 3.73. The van der Waals surface area contributed by atoms with Crippen LogP contribution in [0.4, 0.5) is 14.5 Å². The number of hydrogen-bond donors (Lipinski definition) is 4. The Morgan fingerprint density at radius 3 is 2.35 bits per heavy atom. The number of phenolic OH excluding ortho intramolecular Hbond substituents is 2. The van der Waals surface area contributed by atoms with Gasteiger partial charge in [-0.25, -0.2) is 13.6 Å². The number of anilines is 1. The van der Waals surface area contributed by atoms with Crippen molar-refractivity contribution in [1.29, 1.82) is 0 Å². The highest BCUT2D eigenvalue weighted by atomic mass is 19.1. The Balaban J connectivity index is 2.23. The Hall–Kier alpha value is -3.16. The molecule has 0 fully saturated rings. The normalized spacial score (nSPS) is 10.3. The molecule has 0 aliphatic heterocycles. The summed E-state index contributed by atoms with van der Waals surface area (Å²) in [4.78, 5) is 22.9. The predicted octanol–water partition coefficient (Wildman–Crippen LogP) is 2.26. The quantitative estimate of drug-likeness (QED) is 0.646. The highest BCUT2D eigenvalue weighted by Gasteiger charge is 2.19. The van der Waals surface area contributed by atoms with Crippen molar-refractivity contribution in [3.05, 3.63) is 53.1 Å². The molecule has 0 bridgehead atoms. The highest BCUT2D eigenvalue weighted by Crippen LogP contribution is 2.26. The van der Waals surface area contributed by atoms with Crippen LogP contribution in [0.25, 0.3) is 0 Å². The van der Waals surface area contributed by atoms with Crippen molar-refractivity contribution < 1.29 is 33.7 Å². The molecule has 1 amide bonds. The van der Waals surface area contributed by atoms with Crippen LogP contribution in [0.2, 0.25) is 0 Å². The van der Waals surface area contributed by atoms with E-state index in [0.717, 1.165) is 6.07 Å². The molecule has 0 atom stereocenters. The summed E-state index contributed by atoms with van der Waals surface area (Å²) < 4.78 is 26.7. The standard InChI is InChI=1S/C15H11F2NO5/c16-8-5-9(17)14(15(22)23)10(6-8)18-13(21)4-7-1-2-11(19)12(20)3-7/h1-3,5-6,19-20H,4H2,(H,18,21)(H,22,23). The van der Waals surface area contributed by atoms with E-state index < -0.39 is 40.5 Å². The Morgan fingerprint density at radius 1 is 1.04 bits per heavy atom. The van der Waals surface area contributed by atoms with Gasteiger partial charge in [-0.1, -0.05) is 6.07 Å². The summed E-state index contributed by atoms with van der Waals surface area (Å²) in [6.07, 6.45) is -0.301. The van der Waals surface area contributed by atoms with Crippen LogP contribution in [0.5, 0.6) is 11.5 Å². The van der Waals surface area contributed by atoms with Gasteiger partial charge >= 0.3 is 5.97 Å². The summed E-state index contributed by atoms with van der Waals surface area (Å²) in [5.41, 5.74) is -1.05. The van der Waals surface area contributed by atoms with Crippen LogP contribution in [0.15, 0.2) is 30.3 Å². The van der Waals surface area contributed by atoms with E-state index in [1.807, 2.05) is 0 Å². The first-order valence-corrected chi connectivity index (χ1v) is 6.31. The van der Waals surface area contributed by atoms with Crippen molar-refractivity contribution in [1.82, 2.24) is 0 Å². The second-order valence-electron chi connectivity index (χ2n) is 4.66. The first-order valence-electron chi connectivity index (χ1n) is 6.31. The van der Waals surface area contributed by atoms with Crippen molar-refractivity contribution in [2.45, 2.75) is 6.42 Å². The van der Waals surface area contributed by atoms with Crippen molar-refractivity contribution in [2.24, 2.45) is 0 Å². The minimum atomic E-state index is -1.65. The maximum atomic E-state index is 13.5. The summed E-state index contributed by atoms with van der Waals surface area (Å²) in [6, 6.07) is 4.76. The summed E-state index contributed by atoms with van der Waals surface area (Å²) in [7, 11) is 0. The molecule has 2 aromatic rings. The Bertz CT molecular complexity index is 792. The molecule has 0 saturated carbocycles. The monoisotopic (exact) mass is 323 g/mol. The number of nitrogens with one attached hydrogen (secondary N) is 1. The Kier molecular flexibility index (Phi) is 4.44. The summed E-state index contributed by atoms with van der Waals surface area (Å²) in [6.45, 7) is 0. The molecule has 0 heterocycles. The molecule has 0 radical (unpaired) electrons. The number of aromatic hydroxyl groups is 2. The van der Waals surface area contributed by atoms with Gasteiger partial charge < -0.3 is 20.6 Å². The topological polar surface area (TPSA) is 107 Å². The summed E-state index contributed by atoms with van der Waals surface area (Å²) >= 11 is 0. The molecule has 6 nitrogen and oxygen atoms in total. The lowest BCUT2D eigenvalue weighted by molar-refractivity contribution is -0.115. The van der Waals surface area contributed by atoms with Gasteiger partial charge in [0.05, 0.1) is 12.1 Å². The minimum Gasteiger partial charge on any atom is -0.504 e. The van der Waals surface area contributed by atoms with Gasteiger partial charge in [0, 0.05) is 6.07 Å². The lowest BCUT2D eigenvalue weighted by Gasteiger charge is -2.10. The van der Waals surface area contributed by atoms with Crippen LogP contribution in [0.1, 0.15) is 15.9 Å². The first-order chi connectivity index (χ1) is 10.8. The average molecular weight is 323 g/mol. The average Bonchev–Trinajstić information content (AvgIpc) is 2.41. The molecule has 2 aromatic carbocycles. The zero-order valence-electron chi connectivity index (χ0n) is 11.5. The molecule has 0 saturated heterocycles. The molecule has 23 heavy (non-hydrogen) atoms. The van der Waals surface area contributed by atoms with Crippen LogP contribution in [0, 0.1) is 11.6 Å². The van der Waals surface area contributed by atoms with Crippen molar-refractivity contribution in [3.8, 4) is 11.5 Å². The fourth-order valence-electron chi connectivity index (χ4n) is 1.95. The number of hydrogen-bond acceptors (Lipinski definition) is 4. The van der Waals surface area contributed by atoms with Gasteiger partial charge in [0.25, 0.3) is 0 Å². The number of amides is 1. The van der Waals surface area contributed by atoms with Crippen LogP contribution in [-0.4, -0.2) is 27.2 Å². The number of carbonyl (C=O) groups is 2. The van der Waals surface area contributed by atoms with Crippen LogP contribution >= 0.6 is 0 Å². The lowest BCUT2D eigenvalue weighted by atomic mass is 10.1. The maximum absolute atomic E-state index is 13.5. The fourth-order valence-corrected chi connectivity index (χ4v) is 1.95. The predicted molar refractivity (Wildman–Crippen MR) is 75.4 cm³/mol. The van der Waals surface area contributed by atoms with Crippen molar-refractivity contribution in [3.63, 3.8) is 0 Å². The molecule has 4 N–H and O–H groups in total. The number of carbonyl (C=O) groups excluding carboxylic acids is 1. The largest absolute Gasteiger partial charge is 0.504 e. The van der Waals surface area contributed by atoms with E-state index in [4.69, 9.17) is 5.11 Å². The van der Waals surface area contributed by atoms with E-state index in [1.165, 1.54) is 12.1 Å². The van der Waals surface area contributed by atoms with Gasteiger partial charge in [-0.15, -0.1) is 0 Å². The molecule has 2 rings (SSSR count). The number of halogens is 2. The molecule has 120 valence electrons. The fraction of sp³-hybridized carbons (Fsp3) is 0.0667. The zero-order valence-corrected chi connectivity index (χ0v) is 11.5. The number of benzene rings is 2. The van der Waals surface area contributed by atoms with Crippen molar-refractivity contribution >= 4 is 17.6 Å². The van der Waals surface area contributed by atoms with E-state index in [2.05, 4.69) is 5.32 Å². The molecule has 8 heteroatoms. The number of carboxylic acid groups (broad SMARTS) is 1. The second kappa shape index (κ2) is 6.30. The Morgan fingerprint density at radius 2 is 1.74 bits per heavy atom. The molecule has 0 spiro atoms. The second-order valence-corrected chi connectivity index (χ2v) is 4.66. The molecule has 0 aliphatic rings. The van der Waals surface area contributed by atoms with E-state index in [-0.39, 0.29) is 12.2 Å². The SMILES string of the molecule is O=C(Cc1ccc(O)c(O)c1)Nc1cc(F)cc(F)c1C(=O)O. The van der Waals surface area contributed by atoms with E-state index in [0.29, 0.717) is 17.7 Å². The smallest absolute Gasteiger partial charge is 0.340 e. The molecular formula is C15H11F2NO5. The molecular weight excluding hydrogens is 312 g/mol. The number of phenols is 2. The van der Waals surface area contributed by atoms with E-state index in [9.17, 15) is 28.6 Å².